The summed E-state index contributed by atoms with van der Waals surface area (Å²) in [4.78, 5) is 41.7. The first-order chi connectivity index (χ1) is 12.2. The molecule has 0 spiro atoms. The zero-order valence-electron chi connectivity index (χ0n) is 16.3. The molecule has 0 heterocycles. The third kappa shape index (κ3) is 7.71. The van der Waals surface area contributed by atoms with E-state index in [9.17, 15) is 19.5 Å². The van der Waals surface area contributed by atoms with E-state index >= 15 is 0 Å². The average Bonchev–Trinajstić information content (AvgIpc) is 2.58. The van der Waals surface area contributed by atoms with Crippen LogP contribution in [0.25, 0.3) is 0 Å². The molecule has 26 heavy (non-hydrogen) atoms. The topological polar surface area (TPSA) is 120 Å². The van der Waals surface area contributed by atoms with Crippen LogP contribution < -0.4 is 0 Å². The van der Waals surface area contributed by atoms with Crippen molar-refractivity contribution in [3.05, 3.63) is 0 Å². The number of carboxylic acids is 1. The summed E-state index contributed by atoms with van der Waals surface area (Å²) >= 11 is 0. The number of carbonyl (C=O) groups excluding carboxylic acids is 2. The number of aliphatic carboxylic acids is 1. The summed E-state index contributed by atoms with van der Waals surface area (Å²) in [6, 6.07) is -1.02. The number of likely N-dealkylation sites (N-methyl/N-ethyl adjacent to an activating group) is 1. The van der Waals surface area contributed by atoms with Crippen molar-refractivity contribution in [2.45, 2.75) is 65.8 Å². The van der Waals surface area contributed by atoms with E-state index in [1.165, 1.54) is 7.05 Å². The van der Waals surface area contributed by atoms with Gasteiger partial charge in [0.05, 0.1) is 12.5 Å². The molecule has 0 radical (unpaired) electrons. The molecule has 0 aliphatic carbocycles. The predicted octanol–water partition coefficient (Wildman–Crippen LogP) is 2.85. The van der Waals surface area contributed by atoms with Gasteiger partial charge < -0.3 is 19.6 Å². The molecule has 150 valence electrons. The van der Waals surface area contributed by atoms with Gasteiger partial charge in [0.15, 0.2) is 0 Å². The number of nitrogens with zero attached hydrogens (tertiary/aromatic N) is 2. The molecular weight excluding hydrogens is 342 g/mol. The zero-order chi connectivity index (χ0) is 20.3. The lowest BCUT2D eigenvalue weighted by Gasteiger charge is -2.31. The first-order valence-corrected chi connectivity index (χ1v) is 8.90. The average molecular weight is 373 g/mol. The standard InChI is InChI=1S/C17H31N3O6/c1-6-8-10-13(14(21)22)19(5)16(18)20(26-15(23)12(3)4)17(24)25-11-9-7-2/h12-13,18H,6-11H2,1-5H3,(H,21,22). The Bertz CT molecular complexity index is 495. The maximum absolute atomic E-state index is 12.2. The van der Waals surface area contributed by atoms with Crippen LogP contribution in [0.2, 0.25) is 0 Å². The van der Waals surface area contributed by atoms with Gasteiger partial charge in [0.25, 0.3) is 0 Å². The number of nitrogens with one attached hydrogen (secondary N) is 1. The van der Waals surface area contributed by atoms with Crippen molar-refractivity contribution in [1.29, 1.82) is 5.41 Å². The molecule has 0 rings (SSSR count). The molecule has 1 atom stereocenters. The summed E-state index contributed by atoms with van der Waals surface area (Å²) in [5.74, 6) is -2.95. The third-order valence-corrected chi connectivity index (χ3v) is 3.65. The summed E-state index contributed by atoms with van der Waals surface area (Å²) in [7, 11) is 1.37. The minimum absolute atomic E-state index is 0.111. The lowest BCUT2D eigenvalue weighted by Crippen LogP contribution is -2.52. The number of unbranched alkanes of at least 4 members (excludes halogenated alkanes) is 2. The zero-order valence-corrected chi connectivity index (χ0v) is 16.3. The quantitative estimate of drug-likeness (QED) is 0.276. The molecule has 0 aromatic heterocycles. The van der Waals surface area contributed by atoms with Crippen molar-refractivity contribution in [1.82, 2.24) is 9.96 Å². The normalized spacial score (nSPS) is 11.6. The molecule has 1 unspecified atom stereocenters. The Hall–Kier alpha value is -2.32. The SMILES string of the molecule is CCCCOC(=O)N(OC(=O)C(C)C)C(=N)N(C)C(CCCC)C(=O)O. The number of ether oxygens (including phenoxy) is 1. The third-order valence-electron chi connectivity index (χ3n) is 3.65. The van der Waals surface area contributed by atoms with Gasteiger partial charge in [0.2, 0.25) is 5.96 Å². The summed E-state index contributed by atoms with van der Waals surface area (Å²) in [5, 5.41) is 18.0. The molecule has 0 bridgehead atoms. The Balaban J connectivity index is 5.34. The van der Waals surface area contributed by atoms with Gasteiger partial charge >= 0.3 is 18.0 Å². The highest BCUT2D eigenvalue weighted by atomic mass is 16.8. The Morgan fingerprint density at radius 3 is 2.15 bits per heavy atom. The van der Waals surface area contributed by atoms with Crippen LogP contribution in [0.3, 0.4) is 0 Å². The first-order valence-electron chi connectivity index (χ1n) is 8.90. The number of carbonyl (C=O) groups is 3. The van der Waals surface area contributed by atoms with Crippen LogP contribution in [0, 0.1) is 11.3 Å². The second kappa shape index (κ2) is 12.1. The van der Waals surface area contributed by atoms with E-state index in [2.05, 4.69) is 0 Å². The fraction of sp³-hybridized carbons (Fsp3) is 0.765. The van der Waals surface area contributed by atoms with Gasteiger partial charge in [-0.3, -0.25) is 5.41 Å². The Labute approximate surface area is 154 Å². The lowest BCUT2D eigenvalue weighted by atomic mass is 10.1. The fourth-order valence-corrected chi connectivity index (χ4v) is 1.90. The second-order valence-corrected chi connectivity index (χ2v) is 6.26. The van der Waals surface area contributed by atoms with Crippen LogP contribution in [0.4, 0.5) is 4.79 Å². The molecule has 0 aliphatic rings. The lowest BCUT2D eigenvalue weighted by molar-refractivity contribution is -0.173. The van der Waals surface area contributed by atoms with Crippen LogP contribution in [0.5, 0.6) is 0 Å². The summed E-state index contributed by atoms with van der Waals surface area (Å²) < 4.78 is 5.01. The smallest absolute Gasteiger partial charge is 0.451 e. The van der Waals surface area contributed by atoms with Crippen LogP contribution in [0.15, 0.2) is 0 Å². The van der Waals surface area contributed by atoms with E-state index in [0.717, 1.165) is 17.7 Å². The monoisotopic (exact) mass is 373 g/mol. The second-order valence-electron chi connectivity index (χ2n) is 6.26. The van der Waals surface area contributed by atoms with Gasteiger partial charge in [-0.05, 0) is 12.8 Å². The molecule has 0 aromatic carbocycles. The number of carboxylic acid groups (broad SMARTS) is 1. The number of amides is 1. The minimum Gasteiger partial charge on any atom is -0.480 e. The molecule has 0 aromatic rings. The Morgan fingerprint density at radius 2 is 1.69 bits per heavy atom. The van der Waals surface area contributed by atoms with Gasteiger partial charge in [-0.15, -0.1) is 0 Å². The van der Waals surface area contributed by atoms with Gasteiger partial charge in [0, 0.05) is 7.05 Å². The van der Waals surface area contributed by atoms with Crippen molar-refractivity contribution in [3.8, 4) is 0 Å². The fourth-order valence-electron chi connectivity index (χ4n) is 1.90. The van der Waals surface area contributed by atoms with Crippen LogP contribution in [-0.4, -0.2) is 58.8 Å². The Morgan fingerprint density at radius 1 is 1.12 bits per heavy atom. The number of hydrogen-bond acceptors (Lipinski definition) is 6. The van der Waals surface area contributed by atoms with Crippen molar-refractivity contribution in [2.24, 2.45) is 5.92 Å². The minimum atomic E-state index is -1.12. The number of hydroxylamine groups is 2. The summed E-state index contributed by atoms with van der Waals surface area (Å²) in [5.41, 5.74) is 0. The van der Waals surface area contributed by atoms with Gasteiger partial charge in [-0.2, -0.15) is 0 Å². The molecule has 0 aliphatic heterocycles. The highest BCUT2D eigenvalue weighted by Crippen LogP contribution is 2.12. The van der Waals surface area contributed by atoms with Crippen LogP contribution in [-0.2, 0) is 19.2 Å². The maximum Gasteiger partial charge on any atom is 0.451 e. The predicted molar refractivity (Wildman–Crippen MR) is 95.5 cm³/mol. The molecule has 9 heteroatoms. The van der Waals surface area contributed by atoms with E-state index < -0.39 is 36.0 Å². The van der Waals surface area contributed by atoms with Gasteiger partial charge in [-0.25, -0.2) is 14.4 Å². The Kier molecular flexibility index (Phi) is 11.0. The van der Waals surface area contributed by atoms with E-state index in [1.54, 1.807) is 13.8 Å². The molecule has 0 fully saturated rings. The van der Waals surface area contributed by atoms with Crippen molar-refractivity contribution < 1.29 is 29.1 Å². The molecule has 2 N–H and O–H groups in total. The number of hydrogen-bond donors (Lipinski definition) is 2. The van der Waals surface area contributed by atoms with E-state index in [4.69, 9.17) is 15.0 Å². The largest absolute Gasteiger partial charge is 0.480 e. The van der Waals surface area contributed by atoms with Crippen LogP contribution in [0.1, 0.15) is 59.8 Å². The molecule has 0 saturated carbocycles. The van der Waals surface area contributed by atoms with E-state index in [-0.39, 0.29) is 6.61 Å². The van der Waals surface area contributed by atoms with Crippen molar-refractivity contribution in [3.63, 3.8) is 0 Å². The highest BCUT2D eigenvalue weighted by molar-refractivity contribution is 5.94. The van der Waals surface area contributed by atoms with E-state index in [1.807, 2.05) is 13.8 Å². The van der Waals surface area contributed by atoms with Gasteiger partial charge in [-0.1, -0.05) is 52.0 Å². The van der Waals surface area contributed by atoms with Crippen LogP contribution >= 0.6 is 0 Å². The molecule has 1 amide bonds. The highest BCUT2D eigenvalue weighted by Gasteiger charge is 2.33. The molecule has 9 nitrogen and oxygen atoms in total. The van der Waals surface area contributed by atoms with Crippen molar-refractivity contribution in [2.75, 3.05) is 13.7 Å². The summed E-state index contributed by atoms with van der Waals surface area (Å²) in [6.07, 6.45) is 2.12. The number of guanidine groups is 1. The van der Waals surface area contributed by atoms with Gasteiger partial charge in [0.1, 0.15) is 6.04 Å². The number of rotatable bonds is 9. The first kappa shape index (κ1) is 23.7. The summed E-state index contributed by atoms with van der Waals surface area (Å²) in [6.45, 7) is 7.12. The van der Waals surface area contributed by atoms with Crippen molar-refractivity contribution >= 4 is 24.0 Å². The maximum atomic E-state index is 12.2. The molecule has 0 saturated heterocycles. The molecular formula is C17H31N3O6. The van der Waals surface area contributed by atoms with E-state index in [0.29, 0.717) is 24.3 Å².